The molecule has 2 heterocycles. The van der Waals surface area contributed by atoms with Crippen LogP contribution in [-0.2, 0) is 4.79 Å². The first kappa shape index (κ1) is 12.6. The Kier molecular flexibility index (Phi) is 3.29. The van der Waals surface area contributed by atoms with Gasteiger partial charge in [0.15, 0.2) is 0 Å². The number of hydrogen-bond donors (Lipinski definition) is 0. The number of alkyl halides is 1. The predicted octanol–water partition coefficient (Wildman–Crippen LogP) is 3.46. The zero-order chi connectivity index (χ0) is 13.4. The van der Waals surface area contributed by atoms with Gasteiger partial charge in [0.25, 0.3) is 0 Å². The lowest BCUT2D eigenvalue weighted by Crippen LogP contribution is -2.24. The van der Waals surface area contributed by atoms with Crippen LogP contribution in [0, 0.1) is 6.92 Å². The number of halogens is 1. The SMILES string of the molecule is Cc1nc(-c2ccc(N3CC(Cl)CC3=O)cc2)cs1. The minimum absolute atomic E-state index is 0.0756. The van der Waals surface area contributed by atoms with E-state index in [0.29, 0.717) is 13.0 Å². The third kappa shape index (κ3) is 2.51. The molecule has 0 saturated carbocycles. The van der Waals surface area contributed by atoms with Crippen LogP contribution in [0.15, 0.2) is 29.6 Å². The van der Waals surface area contributed by atoms with E-state index in [0.717, 1.165) is 22.0 Å². The molecule has 3 nitrogen and oxygen atoms in total. The van der Waals surface area contributed by atoms with E-state index < -0.39 is 0 Å². The second-order valence-electron chi connectivity index (χ2n) is 4.60. The van der Waals surface area contributed by atoms with Gasteiger partial charge in [-0.05, 0) is 19.1 Å². The van der Waals surface area contributed by atoms with Crippen LogP contribution < -0.4 is 4.90 Å². The minimum atomic E-state index is -0.0756. The third-order valence-corrected chi connectivity index (χ3v) is 4.24. The number of rotatable bonds is 2. The molecule has 1 amide bonds. The zero-order valence-corrected chi connectivity index (χ0v) is 12.0. The number of aryl methyl sites for hydroxylation is 1. The Hall–Kier alpha value is -1.39. The van der Waals surface area contributed by atoms with Gasteiger partial charge < -0.3 is 4.90 Å². The van der Waals surface area contributed by atoms with Crippen molar-refractivity contribution in [2.24, 2.45) is 0 Å². The van der Waals surface area contributed by atoms with Crippen LogP contribution in [-0.4, -0.2) is 22.8 Å². The van der Waals surface area contributed by atoms with E-state index in [4.69, 9.17) is 11.6 Å². The van der Waals surface area contributed by atoms with Crippen molar-refractivity contribution in [2.75, 3.05) is 11.4 Å². The summed E-state index contributed by atoms with van der Waals surface area (Å²) in [6, 6.07) is 7.91. The van der Waals surface area contributed by atoms with Crippen LogP contribution in [0.1, 0.15) is 11.4 Å². The molecular formula is C14H13ClN2OS. The molecule has 0 radical (unpaired) electrons. The fourth-order valence-electron chi connectivity index (χ4n) is 2.22. The number of benzene rings is 1. The molecule has 1 aliphatic heterocycles. The summed E-state index contributed by atoms with van der Waals surface area (Å²) in [6.45, 7) is 2.58. The number of carbonyl (C=O) groups is 1. The standard InChI is InChI=1S/C14H13ClN2OS/c1-9-16-13(8-19-9)10-2-4-12(5-3-10)17-7-11(15)6-14(17)18/h2-5,8,11H,6-7H2,1H3. The summed E-state index contributed by atoms with van der Waals surface area (Å²) in [5.74, 6) is 0.0947. The number of carbonyl (C=O) groups excluding carboxylic acids is 1. The Morgan fingerprint density at radius 1 is 1.37 bits per heavy atom. The molecule has 1 saturated heterocycles. The molecule has 5 heteroatoms. The fraction of sp³-hybridized carbons (Fsp3) is 0.286. The van der Waals surface area contributed by atoms with Gasteiger partial charge in [0.2, 0.25) is 5.91 Å². The second kappa shape index (κ2) is 4.94. The summed E-state index contributed by atoms with van der Waals surface area (Å²) in [4.78, 5) is 18.0. The zero-order valence-electron chi connectivity index (χ0n) is 10.5. The highest BCUT2D eigenvalue weighted by atomic mass is 35.5. The summed E-state index contributed by atoms with van der Waals surface area (Å²) in [6.07, 6.45) is 0.425. The second-order valence-corrected chi connectivity index (χ2v) is 6.28. The summed E-state index contributed by atoms with van der Waals surface area (Å²) < 4.78 is 0. The highest BCUT2D eigenvalue weighted by Crippen LogP contribution is 2.27. The number of thiazole rings is 1. The maximum Gasteiger partial charge on any atom is 0.228 e. The molecule has 0 spiro atoms. The van der Waals surface area contributed by atoms with Crippen molar-refractivity contribution in [2.45, 2.75) is 18.7 Å². The van der Waals surface area contributed by atoms with Crippen LogP contribution in [0.25, 0.3) is 11.3 Å². The summed E-state index contributed by atoms with van der Waals surface area (Å²) in [7, 11) is 0. The highest BCUT2D eigenvalue weighted by molar-refractivity contribution is 7.09. The largest absolute Gasteiger partial charge is 0.311 e. The third-order valence-electron chi connectivity index (χ3n) is 3.17. The molecule has 2 aromatic rings. The maximum atomic E-state index is 11.8. The Morgan fingerprint density at radius 3 is 2.63 bits per heavy atom. The maximum absolute atomic E-state index is 11.8. The molecule has 3 rings (SSSR count). The van der Waals surface area contributed by atoms with Crippen molar-refractivity contribution in [1.29, 1.82) is 0 Å². The van der Waals surface area contributed by atoms with Gasteiger partial charge >= 0.3 is 0 Å². The Labute approximate surface area is 120 Å². The van der Waals surface area contributed by atoms with Crippen LogP contribution in [0.5, 0.6) is 0 Å². The van der Waals surface area contributed by atoms with Gasteiger partial charge in [0.1, 0.15) is 0 Å². The normalized spacial score (nSPS) is 19.2. The van der Waals surface area contributed by atoms with Gasteiger partial charge in [-0.3, -0.25) is 4.79 Å². The lowest BCUT2D eigenvalue weighted by Gasteiger charge is -2.15. The molecule has 19 heavy (non-hydrogen) atoms. The van der Waals surface area contributed by atoms with Gasteiger partial charge in [0, 0.05) is 29.6 Å². The van der Waals surface area contributed by atoms with Gasteiger partial charge in [-0.15, -0.1) is 22.9 Å². The van der Waals surface area contributed by atoms with Crippen molar-refractivity contribution in [3.05, 3.63) is 34.7 Å². The number of anilines is 1. The van der Waals surface area contributed by atoms with Crippen molar-refractivity contribution in [1.82, 2.24) is 4.98 Å². The molecular weight excluding hydrogens is 280 g/mol. The van der Waals surface area contributed by atoms with Gasteiger partial charge in [0.05, 0.1) is 16.1 Å². The van der Waals surface area contributed by atoms with Crippen LogP contribution in [0.2, 0.25) is 0 Å². The van der Waals surface area contributed by atoms with E-state index in [2.05, 4.69) is 4.98 Å². The summed E-state index contributed by atoms with van der Waals surface area (Å²) in [5, 5.41) is 3.02. The first-order chi connectivity index (χ1) is 9.13. The lowest BCUT2D eigenvalue weighted by atomic mass is 10.1. The fourth-order valence-corrected chi connectivity index (χ4v) is 3.11. The van der Waals surface area contributed by atoms with E-state index in [1.807, 2.05) is 36.6 Å². The first-order valence-electron chi connectivity index (χ1n) is 6.10. The lowest BCUT2D eigenvalue weighted by molar-refractivity contribution is -0.117. The molecule has 0 N–H and O–H groups in total. The van der Waals surface area contributed by atoms with E-state index in [9.17, 15) is 4.79 Å². The van der Waals surface area contributed by atoms with Gasteiger partial charge in [-0.2, -0.15) is 0 Å². The molecule has 1 aromatic carbocycles. The average Bonchev–Trinajstić information content (AvgIpc) is 2.96. The highest BCUT2D eigenvalue weighted by Gasteiger charge is 2.28. The van der Waals surface area contributed by atoms with E-state index in [1.54, 1.807) is 16.2 Å². The number of amides is 1. The van der Waals surface area contributed by atoms with Crippen molar-refractivity contribution in [3.8, 4) is 11.3 Å². The smallest absolute Gasteiger partial charge is 0.228 e. The molecule has 0 bridgehead atoms. The van der Waals surface area contributed by atoms with Crippen LogP contribution in [0.4, 0.5) is 5.69 Å². The monoisotopic (exact) mass is 292 g/mol. The molecule has 98 valence electrons. The van der Waals surface area contributed by atoms with Gasteiger partial charge in [-0.25, -0.2) is 4.98 Å². The molecule has 1 aliphatic rings. The van der Waals surface area contributed by atoms with Crippen LogP contribution in [0.3, 0.4) is 0 Å². The molecule has 1 atom stereocenters. The summed E-state index contributed by atoms with van der Waals surface area (Å²) in [5.41, 5.74) is 2.96. The topological polar surface area (TPSA) is 33.2 Å². The molecule has 1 fully saturated rings. The molecule has 1 unspecified atom stereocenters. The first-order valence-corrected chi connectivity index (χ1v) is 7.42. The van der Waals surface area contributed by atoms with E-state index in [1.165, 1.54) is 0 Å². The van der Waals surface area contributed by atoms with Crippen molar-refractivity contribution < 1.29 is 4.79 Å². The minimum Gasteiger partial charge on any atom is -0.311 e. The number of hydrogen-bond acceptors (Lipinski definition) is 3. The van der Waals surface area contributed by atoms with Gasteiger partial charge in [-0.1, -0.05) is 12.1 Å². The molecule has 0 aliphatic carbocycles. The van der Waals surface area contributed by atoms with Crippen molar-refractivity contribution in [3.63, 3.8) is 0 Å². The quantitative estimate of drug-likeness (QED) is 0.794. The Bertz CT molecular complexity index is 608. The Balaban J connectivity index is 1.85. The van der Waals surface area contributed by atoms with E-state index in [-0.39, 0.29) is 11.3 Å². The number of aromatic nitrogens is 1. The van der Waals surface area contributed by atoms with E-state index >= 15 is 0 Å². The predicted molar refractivity (Wildman–Crippen MR) is 78.9 cm³/mol. The molecule has 1 aromatic heterocycles. The average molecular weight is 293 g/mol. The van der Waals surface area contributed by atoms with Crippen molar-refractivity contribution >= 4 is 34.5 Å². The van der Waals surface area contributed by atoms with Crippen LogP contribution >= 0.6 is 22.9 Å². The Morgan fingerprint density at radius 2 is 2.11 bits per heavy atom. The summed E-state index contributed by atoms with van der Waals surface area (Å²) >= 11 is 7.65. The number of nitrogens with zero attached hydrogens (tertiary/aromatic N) is 2.